The zero-order valence-electron chi connectivity index (χ0n) is 16.7. The highest BCUT2D eigenvalue weighted by Crippen LogP contribution is 2.23. The van der Waals surface area contributed by atoms with Gasteiger partial charge in [0.1, 0.15) is 0 Å². The lowest BCUT2D eigenvalue weighted by atomic mass is 10.2. The second-order valence-corrected chi connectivity index (χ2v) is 6.73. The SMILES string of the molecule is CCN(CC)c1nc(N/N=C/c2ccccc2)nc(Nc2ccc(C)c(Cl)c2)n1. The van der Waals surface area contributed by atoms with Crippen LogP contribution in [0.5, 0.6) is 0 Å². The molecule has 1 heterocycles. The van der Waals surface area contributed by atoms with Crippen molar-refractivity contribution >= 4 is 41.3 Å². The van der Waals surface area contributed by atoms with Crippen molar-refractivity contribution in [2.75, 3.05) is 28.7 Å². The van der Waals surface area contributed by atoms with E-state index in [-0.39, 0.29) is 0 Å². The van der Waals surface area contributed by atoms with Gasteiger partial charge in [-0.25, -0.2) is 5.43 Å². The number of nitrogens with one attached hydrogen (secondary N) is 2. The van der Waals surface area contributed by atoms with Gasteiger partial charge in [-0.1, -0.05) is 48.0 Å². The molecule has 0 aliphatic rings. The summed E-state index contributed by atoms with van der Waals surface area (Å²) in [5, 5.41) is 8.12. The number of anilines is 4. The van der Waals surface area contributed by atoms with Crippen molar-refractivity contribution in [3.05, 3.63) is 64.7 Å². The monoisotopic (exact) mass is 409 g/mol. The zero-order chi connectivity index (χ0) is 20.6. The highest BCUT2D eigenvalue weighted by atomic mass is 35.5. The van der Waals surface area contributed by atoms with E-state index >= 15 is 0 Å². The molecular formula is C21H24ClN7. The summed E-state index contributed by atoms with van der Waals surface area (Å²) in [6.07, 6.45) is 1.72. The predicted molar refractivity (Wildman–Crippen MR) is 121 cm³/mol. The molecule has 2 aromatic carbocycles. The van der Waals surface area contributed by atoms with E-state index in [4.69, 9.17) is 11.6 Å². The van der Waals surface area contributed by atoms with Gasteiger partial charge in [-0.2, -0.15) is 20.1 Å². The molecule has 0 aliphatic heterocycles. The van der Waals surface area contributed by atoms with Gasteiger partial charge in [-0.05, 0) is 44.0 Å². The standard InChI is InChI=1S/C21H24ClN7/c1-4-29(5-2)21-26-19(24-17-12-11-15(3)18(22)13-17)25-20(27-21)28-23-14-16-9-7-6-8-10-16/h6-14H,4-5H2,1-3H3,(H2,24,25,26,27,28)/b23-14+. The fraction of sp³-hybridized carbons (Fsp3) is 0.238. The summed E-state index contributed by atoms with van der Waals surface area (Å²) in [7, 11) is 0. The lowest BCUT2D eigenvalue weighted by Gasteiger charge is -2.19. The Morgan fingerprint density at radius 1 is 1.00 bits per heavy atom. The Balaban J connectivity index is 1.86. The second kappa shape index (κ2) is 9.84. The Morgan fingerprint density at radius 3 is 2.41 bits per heavy atom. The first kappa shape index (κ1) is 20.5. The summed E-state index contributed by atoms with van der Waals surface area (Å²) in [6, 6.07) is 15.5. The highest BCUT2D eigenvalue weighted by Gasteiger charge is 2.11. The summed E-state index contributed by atoms with van der Waals surface area (Å²) in [5.74, 6) is 1.34. The summed E-state index contributed by atoms with van der Waals surface area (Å²) < 4.78 is 0. The molecule has 0 spiro atoms. The number of nitrogens with zero attached hydrogens (tertiary/aromatic N) is 5. The van der Waals surface area contributed by atoms with Crippen LogP contribution in [0.2, 0.25) is 5.02 Å². The fourth-order valence-corrected chi connectivity index (χ4v) is 2.80. The van der Waals surface area contributed by atoms with Crippen molar-refractivity contribution in [2.45, 2.75) is 20.8 Å². The quantitative estimate of drug-likeness (QED) is 0.408. The molecule has 3 rings (SSSR count). The summed E-state index contributed by atoms with van der Waals surface area (Å²) in [6.45, 7) is 7.63. The maximum Gasteiger partial charge on any atom is 0.250 e. The summed E-state index contributed by atoms with van der Waals surface area (Å²) in [4.78, 5) is 15.5. The lowest BCUT2D eigenvalue weighted by Crippen LogP contribution is -2.25. The van der Waals surface area contributed by atoms with Crippen molar-refractivity contribution in [3.63, 3.8) is 0 Å². The van der Waals surface area contributed by atoms with Crippen LogP contribution in [-0.2, 0) is 0 Å². The van der Waals surface area contributed by atoms with Crippen LogP contribution in [0.15, 0.2) is 53.6 Å². The molecule has 0 bridgehead atoms. The van der Waals surface area contributed by atoms with Crippen LogP contribution in [0.1, 0.15) is 25.0 Å². The molecule has 7 nitrogen and oxygen atoms in total. The van der Waals surface area contributed by atoms with Crippen LogP contribution in [0.3, 0.4) is 0 Å². The Bertz CT molecular complexity index is 972. The third-order valence-electron chi connectivity index (χ3n) is 4.28. The van der Waals surface area contributed by atoms with Gasteiger partial charge in [0.15, 0.2) is 0 Å². The van der Waals surface area contributed by atoms with Crippen LogP contribution in [0, 0.1) is 6.92 Å². The second-order valence-electron chi connectivity index (χ2n) is 6.32. The molecule has 0 atom stereocenters. The Hall–Kier alpha value is -3.19. The van der Waals surface area contributed by atoms with Crippen LogP contribution >= 0.6 is 11.6 Å². The molecule has 0 radical (unpaired) electrons. The molecule has 8 heteroatoms. The number of hydrogen-bond donors (Lipinski definition) is 2. The number of benzene rings is 2. The molecule has 3 aromatic rings. The number of hydrogen-bond acceptors (Lipinski definition) is 7. The van der Waals surface area contributed by atoms with Crippen molar-refractivity contribution in [3.8, 4) is 0 Å². The van der Waals surface area contributed by atoms with Crippen molar-refractivity contribution in [2.24, 2.45) is 5.10 Å². The summed E-state index contributed by atoms with van der Waals surface area (Å²) in [5.41, 5.74) is 5.69. The van der Waals surface area contributed by atoms with Gasteiger partial charge in [0.2, 0.25) is 17.8 Å². The maximum atomic E-state index is 6.23. The Kier molecular flexibility index (Phi) is 6.97. The van der Waals surface area contributed by atoms with Gasteiger partial charge in [0, 0.05) is 23.8 Å². The molecule has 0 fully saturated rings. The normalized spacial score (nSPS) is 10.9. The maximum absolute atomic E-state index is 6.23. The van der Waals surface area contributed by atoms with E-state index < -0.39 is 0 Å². The third-order valence-corrected chi connectivity index (χ3v) is 4.68. The van der Waals surface area contributed by atoms with Crippen LogP contribution in [0.25, 0.3) is 0 Å². The first-order chi connectivity index (χ1) is 14.1. The minimum Gasteiger partial charge on any atom is -0.341 e. The number of aromatic nitrogens is 3. The van der Waals surface area contributed by atoms with Gasteiger partial charge in [0.05, 0.1) is 6.21 Å². The van der Waals surface area contributed by atoms with E-state index in [1.165, 1.54) is 0 Å². The van der Waals surface area contributed by atoms with Gasteiger partial charge >= 0.3 is 0 Å². The number of rotatable bonds is 8. The zero-order valence-corrected chi connectivity index (χ0v) is 17.5. The first-order valence-corrected chi connectivity index (χ1v) is 9.85. The number of hydrazone groups is 1. The largest absolute Gasteiger partial charge is 0.341 e. The first-order valence-electron chi connectivity index (χ1n) is 9.47. The van der Waals surface area contributed by atoms with Gasteiger partial charge in [0.25, 0.3) is 0 Å². The number of aryl methyl sites for hydroxylation is 1. The topological polar surface area (TPSA) is 78.3 Å². The number of halogens is 1. The van der Waals surface area contributed by atoms with E-state index in [0.29, 0.717) is 22.9 Å². The van der Waals surface area contributed by atoms with E-state index in [1.54, 1.807) is 6.21 Å². The smallest absolute Gasteiger partial charge is 0.250 e. The average Bonchev–Trinajstić information content (AvgIpc) is 2.72. The molecule has 0 aliphatic carbocycles. The lowest BCUT2D eigenvalue weighted by molar-refractivity contribution is 0.814. The average molecular weight is 410 g/mol. The molecule has 0 amide bonds. The molecule has 2 N–H and O–H groups in total. The summed E-state index contributed by atoms with van der Waals surface area (Å²) >= 11 is 6.23. The van der Waals surface area contributed by atoms with E-state index in [9.17, 15) is 0 Å². The molecule has 0 saturated heterocycles. The minimum atomic E-state index is 0.356. The predicted octanol–water partition coefficient (Wildman–Crippen LogP) is 4.87. The molecule has 29 heavy (non-hydrogen) atoms. The van der Waals surface area contributed by atoms with E-state index in [2.05, 4.69) is 44.6 Å². The Morgan fingerprint density at radius 2 is 1.72 bits per heavy atom. The van der Waals surface area contributed by atoms with Crippen molar-refractivity contribution < 1.29 is 0 Å². The van der Waals surface area contributed by atoms with Crippen LogP contribution < -0.4 is 15.6 Å². The molecule has 150 valence electrons. The van der Waals surface area contributed by atoms with Crippen molar-refractivity contribution in [1.82, 2.24) is 15.0 Å². The van der Waals surface area contributed by atoms with E-state index in [0.717, 1.165) is 29.9 Å². The van der Waals surface area contributed by atoms with Crippen molar-refractivity contribution in [1.29, 1.82) is 0 Å². The molecule has 0 unspecified atom stereocenters. The highest BCUT2D eigenvalue weighted by molar-refractivity contribution is 6.31. The van der Waals surface area contributed by atoms with Gasteiger partial charge in [-0.3, -0.25) is 0 Å². The Labute approximate surface area is 175 Å². The molecular weight excluding hydrogens is 386 g/mol. The molecule has 1 aromatic heterocycles. The van der Waals surface area contributed by atoms with Crippen LogP contribution in [0.4, 0.5) is 23.5 Å². The van der Waals surface area contributed by atoms with Gasteiger partial charge in [-0.15, -0.1) is 0 Å². The third kappa shape index (κ3) is 5.65. The fourth-order valence-electron chi connectivity index (χ4n) is 2.62. The minimum absolute atomic E-state index is 0.356. The van der Waals surface area contributed by atoms with Crippen LogP contribution in [-0.4, -0.2) is 34.3 Å². The van der Waals surface area contributed by atoms with Gasteiger partial charge < -0.3 is 10.2 Å². The molecule has 0 saturated carbocycles. The van der Waals surface area contributed by atoms with E-state index in [1.807, 2.05) is 60.4 Å².